The van der Waals surface area contributed by atoms with E-state index in [-0.39, 0.29) is 0 Å². The van der Waals surface area contributed by atoms with Crippen LogP contribution in [0.25, 0.3) is 0 Å². The lowest BCUT2D eigenvalue weighted by Gasteiger charge is -1.99. The zero-order valence-electron chi connectivity index (χ0n) is 6.82. The van der Waals surface area contributed by atoms with Crippen molar-refractivity contribution in [3.8, 4) is 0 Å². The molecule has 0 amide bonds. The molecule has 56 valence electrons. The summed E-state index contributed by atoms with van der Waals surface area (Å²) in [6.45, 7) is 6.01. The maximum absolute atomic E-state index is 3.76. The summed E-state index contributed by atoms with van der Waals surface area (Å²) >= 11 is 0. The first-order chi connectivity index (χ1) is 4.88. The van der Waals surface area contributed by atoms with Gasteiger partial charge in [0.25, 0.3) is 0 Å². The van der Waals surface area contributed by atoms with E-state index in [0.717, 1.165) is 6.42 Å². The lowest BCUT2D eigenvalue weighted by Crippen LogP contribution is -1.79. The predicted octanol–water partition coefficient (Wildman–Crippen LogP) is 3.45. The molecule has 0 saturated heterocycles. The zero-order chi connectivity index (χ0) is 7.40. The van der Waals surface area contributed by atoms with E-state index in [9.17, 15) is 0 Å². The second-order valence-electron chi connectivity index (χ2n) is 2.91. The van der Waals surface area contributed by atoms with Gasteiger partial charge in [-0.1, -0.05) is 24.1 Å². The van der Waals surface area contributed by atoms with Crippen LogP contribution in [0.2, 0.25) is 0 Å². The highest BCUT2D eigenvalue weighted by molar-refractivity contribution is 5.20. The maximum atomic E-state index is 3.76. The van der Waals surface area contributed by atoms with E-state index in [2.05, 4.69) is 13.5 Å². The van der Waals surface area contributed by atoms with Crippen LogP contribution < -0.4 is 0 Å². The third-order valence-electron chi connectivity index (χ3n) is 2.27. The lowest BCUT2D eigenvalue weighted by molar-refractivity contribution is 0.870. The average Bonchev–Trinajstić information content (AvgIpc) is 2.36. The second kappa shape index (κ2) is 3.60. The minimum absolute atomic E-state index is 1.13. The van der Waals surface area contributed by atoms with Gasteiger partial charge in [-0.3, -0.25) is 0 Å². The van der Waals surface area contributed by atoms with Crippen LogP contribution in [0.3, 0.4) is 0 Å². The molecule has 1 rings (SSSR count). The van der Waals surface area contributed by atoms with Crippen LogP contribution in [-0.4, -0.2) is 0 Å². The monoisotopic (exact) mass is 136 g/mol. The number of allylic oxidation sites excluding steroid dienone is 3. The molecule has 1 aliphatic carbocycles. The van der Waals surface area contributed by atoms with E-state index in [1.807, 2.05) is 6.08 Å². The smallest absolute Gasteiger partial charge is 0.0139 e. The molecule has 0 fully saturated rings. The SMILES string of the molecule is C=CCC1=C(CC)CCC1. The summed E-state index contributed by atoms with van der Waals surface area (Å²) in [6.07, 6.45) is 8.46. The van der Waals surface area contributed by atoms with E-state index in [0.29, 0.717) is 0 Å². The van der Waals surface area contributed by atoms with E-state index >= 15 is 0 Å². The van der Waals surface area contributed by atoms with E-state index in [4.69, 9.17) is 0 Å². The van der Waals surface area contributed by atoms with Gasteiger partial charge < -0.3 is 0 Å². The molecule has 0 heterocycles. The third-order valence-corrected chi connectivity index (χ3v) is 2.27. The third kappa shape index (κ3) is 1.50. The fourth-order valence-electron chi connectivity index (χ4n) is 1.72. The van der Waals surface area contributed by atoms with Crippen molar-refractivity contribution in [2.75, 3.05) is 0 Å². The first-order valence-electron chi connectivity index (χ1n) is 4.19. The number of hydrogen-bond acceptors (Lipinski definition) is 0. The molecule has 0 nitrogen and oxygen atoms in total. The predicted molar refractivity (Wildman–Crippen MR) is 46.0 cm³/mol. The first kappa shape index (κ1) is 7.59. The van der Waals surface area contributed by atoms with Crippen LogP contribution in [0.1, 0.15) is 39.0 Å². The molecule has 1 aliphatic rings. The second-order valence-corrected chi connectivity index (χ2v) is 2.91. The van der Waals surface area contributed by atoms with Crippen LogP contribution in [0.15, 0.2) is 23.8 Å². The van der Waals surface area contributed by atoms with Crippen molar-refractivity contribution in [1.82, 2.24) is 0 Å². The molecule has 0 N–H and O–H groups in total. The Morgan fingerprint density at radius 1 is 1.40 bits per heavy atom. The van der Waals surface area contributed by atoms with Crippen molar-refractivity contribution in [3.63, 3.8) is 0 Å². The highest BCUT2D eigenvalue weighted by atomic mass is 14.2. The highest BCUT2D eigenvalue weighted by Gasteiger charge is 2.10. The molecule has 0 bridgehead atoms. The fraction of sp³-hybridized carbons (Fsp3) is 0.600. The number of hydrogen-bond donors (Lipinski definition) is 0. The van der Waals surface area contributed by atoms with Gasteiger partial charge in [0.2, 0.25) is 0 Å². The van der Waals surface area contributed by atoms with Gasteiger partial charge in [-0.05, 0) is 32.1 Å². The quantitative estimate of drug-likeness (QED) is 0.521. The Balaban J connectivity index is 2.58. The molecular formula is C10H16. The van der Waals surface area contributed by atoms with Crippen LogP contribution in [-0.2, 0) is 0 Å². The molecule has 0 unspecified atom stereocenters. The van der Waals surface area contributed by atoms with E-state index in [1.54, 1.807) is 11.1 Å². The van der Waals surface area contributed by atoms with Crippen molar-refractivity contribution in [3.05, 3.63) is 23.8 Å². The molecule has 10 heavy (non-hydrogen) atoms. The molecule has 0 heteroatoms. The standard InChI is InChI=1S/C10H16/c1-3-6-10-8-5-7-9(10)4-2/h3H,1,4-8H2,2H3. The Morgan fingerprint density at radius 3 is 2.70 bits per heavy atom. The van der Waals surface area contributed by atoms with Gasteiger partial charge in [0, 0.05) is 0 Å². The molecule has 0 radical (unpaired) electrons. The summed E-state index contributed by atoms with van der Waals surface area (Å²) in [6, 6.07) is 0. The minimum atomic E-state index is 1.13. The molecule has 0 spiro atoms. The van der Waals surface area contributed by atoms with Gasteiger partial charge in [0.05, 0.1) is 0 Å². The van der Waals surface area contributed by atoms with Gasteiger partial charge in [0.1, 0.15) is 0 Å². The molecule has 0 aromatic carbocycles. The summed E-state index contributed by atoms with van der Waals surface area (Å²) < 4.78 is 0. The van der Waals surface area contributed by atoms with Gasteiger partial charge in [-0.2, -0.15) is 0 Å². The fourth-order valence-corrected chi connectivity index (χ4v) is 1.72. The largest absolute Gasteiger partial charge is 0.103 e. The Bertz CT molecular complexity index is 151. The van der Waals surface area contributed by atoms with E-state index in [1.165, 1.54) is 25.7 Å². The zero-order valence-corrected chi connectivity index (χ0v) is 6.82. The normalized spacial score (nSPS) is 18.1. The molecule has 0 aliphatic heterocycles. The summed E-state index contributed by atoms with van der Waals surface area (Å²) in [7, 11) is 0. The topological polar surface area (TPSA) is 0 Å². The van der Waals surface area contributed by atoms with Crippen LogP contribution >= 0.6 is 0 Å². The Hall–Kier alpha value is -0.520. The molecule has 0 aromatic rings. The minimum Gasteiger partial charge on any atom is -0.103 e. The Kier molecular flexibility index (Phi) is 2.73. The van der Waals surface area contributed by atoms with Crippen molar-refractivity contribution in [1.29, 1.82) is 0 Å². The first-order valence-corrected chi connectivity index (χ1v) is 4.19. The Labute approximate surface area is 63.6 Å². The van der Waals surface area contributed by atoms with Crippen LogP contribution in [0.5, 0.6) is 0 Å². The van der Waals surface area contributed by atoms with Crippen molar-refractivity contribution in [2.45, 2.75) is 39.0 Å². The van der Waals surface area contributed by atoms with Gasteiger partial charge >= 0.3 is 0 Å². The average molecular weight is 136 g/mol. The molecule has 0 atom stereocenters. The van der Waals surface area contributed by atoms with Crippen LogP contribution in [0, 0.1) is 0 Å². The maximum Gasteiger partial charge on any atom is -0.0139 e. The van der Waals surface area contributed by atoms with Crippen molar-refractivity contribution in [2.24, 2.45) is 0 Å². The van der Waals surface area contributed by atoms with Gasteiger partial charge in [0.15, 0.2) is 0 Å². The molecule has 0 aromatic heterocycles. The van der Waals surface area contributed by atoms with Gasteiger partial charge in [-0.15, -0.1) is 6.58 Å². The molecule has 0 saturated carbocycles. The van der Waals surface area contributed by atoms with Crippen molar-refractivity contribution >= 4 is 0 Å². The highest BCUT2D eigenvalue weighted by Crippen LogP contribution is 2.30. The summed E-state index contributed by atoms with van der Waals surface area (Å²) in [4.78, 5) is 0. The van der Waals surface area contributed by atoms with Crippen molar-refractivity contribution < 1.29 is 0 Å². The Morgan fingerprint density at radius 2 is 2.10 bits per heavy atom. The number of rotatable bonds is 3. The van der Waals surface area contributed by atoms with Gasteiger partial charge in [-0.25, -0.2) is 0 Å². The summed E-state index contributed by atoms with van der Waals surface area (Å²) in [5.74, 6) is 0. The summed E-state index contributed by atoms with van der Waals surface area (Å²) in [5.41, 5.74) is 3.36. The molecular weight excluding hydrogens is 120 g/mol. The van der Waals surface area contributed by atoms with E-state index < -0.39 is 0 Å². The summed E-state index contributed by atoms with van der Waals surface area (Å²) in [5, 5.41) is 0. The van der Waals surface area contributed by atoms with Crippen LogP contribution in [0.4, 0.5) is 0 Å². The lowest BCUT2D eigenvalue weighted by atomic mass is 10.1.